The summed E-state index contributed by atoms with van der Waals surface area (Å²) in [5.74, 6) is -1.69. The van der Waals surface area contributed by atoms with Crippen molar-refractivity contribution in [1.29, 1.82) is 0 Å². The van der Waals surface area contributed by atoms with Crippen LogP contribution in [0.25, 0.3) is 11.0 Å². The number of anilines is 1. The predicted octanol–water partition coefficient (Wildman–Crippen LogP) is 5.57. The van der Waals surface area contributed by atoms with Gasteiger partial charge < -0.3 is 24.1 Å². The van der Waals surface area contributed by atoms with Gasteiger partial charge in [-0.05, 0) is 82.1 Å². The van der Waals surface area contributed by atoms with Crippen LogP contribution in [0.3, 0.4) is 0 Å². The van der Waals surface area contributed by atoms with E-state index < -0.39 is 27.7 Å². The second kappa shape index (κ2) is 12.9. The lowest BCUT2D eigenvalue weighted by molar-refractivity contribution is 0.0141. The Balaban J connectivity index is 1.38. The summed E-state index contributed by atoms with van der Waals surface area (Å²) in [6.45, 7) is 8.49. The van der Waals surface area contributed by atoms with Gasteiger partial charge in [0, 0.05) is 49.2 Å². The molecule has 0 aliphatic carbocycles. The van der Waals surface area contributed by atoms with Gasteiger partial charge in [0.15, 0.2) is 0 Å². The van der Waals surface area contributed by atoms with E-state index in [1.807, 2.05) is 30.3 Å². The van der Waals surface area contributed by atoms with E-state index in [9.17, 15) is 27.9 Å². The molecule has 1 aliphatic rings. The van der Waals surface area contributed by atoms with Gasteiger partial charge in [-0.3, -0.25) is 9.10 Å². The monoisotopic (exact) mass is 647 g/mol. The van der Waals surface area contributed by atoms with Crippen molar-refractivity contribution in [1.82, 2.24) is 9.80 Å². The summed E-state index contributed by atoms with van der Waals surface area (Å²) in [5.41, 5.74) is 1.73. The molecule has 1 saturated heterocycles. The number of aromatic carboxylic acids is 1. The Bertz CT molecular complexity index is 1850. The van der Waals surface area contributed by atoms with Crippen LogP contribution in [-0.2, 0) is 21.2 Å². The number of rotatable bonds is 8. The highest BCUT2D eigenvalue weighted by Crippen LogP contribution is 2.31. The third-order valence-corrected chi connectivity index (χ3v) is 9.58. The van der Waals surface area contributed by atoms with Crippen molar-refractivity contribution in [2.24, 2.45) is 0 Å². The number of furan rings is 1. The standard InChI is InChI=1S/C34H37N3O8S/c1-23-28-22-27(14-15-29(28)44-30(23)32(39)40)46(42,43)37(17-16-24-8-6-5-7-9-24)26-12-10-25(11-13-26)31(38)35-18-20-36(21-19-35)33(41)45-34(2,3)4/h5-15,22H,16-21H2,1-4H3,(H,39,40). The number of ether oxygens (including phenoxy) is 1. The Morgan fingerprint density at radius 2 is 1.54 bits per heavy atom. The molecular weight excluding hydrogens is 610 g/mol. The lowest BCUT2D eigenvalue weighted by Crippen LogP contribution is -2.51. The van der Waals surface area contributed by atoms with Gasteiger partial charge in [0.25, 0.3) is 15.9 Å². The highest BCUT2D eigenvalue weighted by Gasteiger charge is 2.30. The molecule has 2 amide bonds. The summed E-state index contributed by atoms with van der Waals surface area (Å²) in [7, 11) is -4.12. The van der Waals surface area contributed by atoms with Crippen LogP contribution in [0.1, 0.15) is 52.8 Å². The zero-order valence-electron chi connectivity index (χ0n) is 26.2. The number of nitrogens with zero attached hydrogens (tertiary/aromatic N) is 3. The van der Waals surface area contributed by atoms with Crippen LogP contribution < -0.4 is 4.31 Å². The average Bonchev–Trinajstić information content (AvgIpc) is 3.36. The second-order valence-corrected chi connectivity index (χ2v) is 14.0. The van der Waals surface area contributed by atoms with E-state index in [0.717, 1.165) is 5.56 Å². The number of carbonyl (C=O) groups is 3. The van der Waals surface area contributed by atoms with Crippen LogP contribution in [0.2, 0.25) is 0 Å². The van der Waals surface area contributed by atoms with Crippen molar-refractivity contribution in [3.05, 3.63) is 95.2 Å². The number of carboxylic acid groups (broad SMARTS) is 1. The maximum atomic E-state index is 14.1. The summed E-state index contributed by atoms with van der Waals surface area (Å²) in [6.07, 6.45) is 0.0175. The summed E-state index contributed by atoms with van der Waals surface area (Å²) in [5, 5.41) is 9.86. The Morgan fingerprint density at radius 1 is 0.913 bits per heavy atom. The number of fused-ring (bicyclic) bond motifs is 1. The number of amides is 2. The van der Waals surface area contributed by atoms with Crippen molar-refractivity contribution < 1.29 is 37.1 Å². The molecule has 4 aromatic rings. The fourth-order valence-electron chi connectivity index (χ4n) is 5.33. The summed E-state index contributed by atoms with van der Waals surface area (Å²) in [4.78, 5) is 40.6. The van der Waals surface area contributed by atoms with E-state index in [-0.39, 0.29) is 28.7 Å². The van der Waals surface area contributed by atoms with E-state index >= 15 is 0 Å². The van der Waals surface area contributed by atoms with E-state index in [2.05, 4.69) is 0 Å². The molecule has 2 heterocycles. The van der Waals surface area contributed by atoms with Crippen molar-refractivity contribution in [3.63, 3.8) is 0 Å². The molecule has 0 atom stereocenters. The molecule has 242 valence electrons. The van der Waals surface area contributed by atoms with Gasteiger partial charge in [0.1, 0.15) is 11.2 Å². The number of aryl methyl sites for hydroxylation is 1. The molecule has 12 heteroatoms. The summed E-state index contributed by atoms with van der Waals surface area (Å²) >= 11 is 0. The first kappa shape index (κ1) is 32.6. The zero-order chi connectivity index (χ0) is 33.2. The molecule has 5 rings (SSSR count). The molecule has 0 spiro atoms. The molecule has 11 nitrogen and oxygen atoms in total. The molecule has 0 saturated carbocycles. The van der Waals surface area contributed by atoms with Gasteiger partial charge in [0.05, 0.1) is 10.6 Å². The maximum absolute atomic E-state index is 14.1. The normalized spacial score (nSPS) is 13.9. The molecule has 46 heavy (non-hydrogen) atoms. The van der Waals surface area contributed by atoms with Crippen LogP contribution >= 0.6 is 0 Å². The topological polar surface area (TPSA) is 138 Å². The first-order valence-electron chi connectivity index (χ1n) is 14.9. The quantitative estimate of drug-likeness (QED) is 0.262. The highest BCUT2D eigenvalue weighted by molar-refractivity contribution is 7.92. The fraction of sp³-hybridized carbons (Fsp3) is 0.324. The highest BCUT2D eigenvalue weighted by atomic mass is 32.2. The van der Waals surface area contributed by atoms with Crippen molar-refractivity contribution in [2.75, 3.05) is 37.0 Å². The summed E-state index contributed by atoms with van der Waals surface area (Å²) in [6, 6.07) is 20.2. The summed E-state index contributed by atoms with van der Waals surface area (Å²) < 4.78 is 40.5. The number of piperazine rings is 1. The molecule has 0 unspecified atom stereocenters. The number of benzene rings is 3. The first-order chi connectivity index (χ1) is 21.7. The van der Waals surface area contributed by atoms with Crippen LogP contribution in [0.15, 0.2) is 82.1 Å². The van der Waals surface area contributed by atoms with Crippen LogP contribution in [0.5, 0.6) is 0 Å². The molecular formula is C34H37N3O8S. The third-order valence-electron chi connectivity index (χ3n) is 7.76. The smallest absolute Gasteiger partial charge is 0.410 e. The van der Waals surface area contributed by atoms with E-state index in [1.165, 1.54) is 22.5 Å². The van der Waals surface area contributed by atoms with Crippen LogP contribution in [0.4, 0.5) is 10.5 Å². The minimum Gasteiger partial charge on any atom is -0.475 e. The van der Waals surface area contributed by atoms with Gasteiger partial charge >= 0.3 is 12.1 Å². The maximum Gasteiger partial charge on any atom is 0.410 e. The third kappa shape index (κ3) is 7.02. The molecule has 0 radical (unpaired) electrons. The van der Waals surface area contributed by atoms with Crippen molar-refractivity contribution in [2.45, 2.75) is 44.6 Å². The van der Waals surface area contributed by atoms with Crippen LogP contribution in [-0.4, -0.2) is 79.6 Å². The lowest BCUT2D eigenvalue weighted by Gasteiger charge is -2.35. The minimum absolute atomic E-state index is 0.0167. The van der Waals surface area contributed by atoms with Gasteiger partial charge in [-0.1, -0.05) is 30.3 Å². The van der Waals surface area contributed by atoms with Gasteiger partial charge in [0.2, 0.25) is 5.76 Å². The van der Waals surface area contributed by atoms with Crippen molar-refractivity contribution >= 4 is 44.6 Å². The van der Waals surface area contributed by atoms with Gasteiger partial charge in [-0.2, -0.15) is 0 Å². The predicted molar refractivity (Wildman–Crippen MR) is 173 cm³/mol. The Labute approximate surface area is 268 Å². The number of carbonyl (C=O) groups excluding carboxylic acids is 2. The molecule has 1 N–H and O–H groups in total. The Hall–Kier alpha value is -4.84. The SMILES string of the molecule is Cc1c(C(=O)O)oc2ccc(S(=O)(=O)N(CCc3ccccc3)c3ccc(C(=O)N4CCN(C(=O)OC(C)(C)C)CC4)cc3)cc12. The van der Waals surface area contributed by atoms with Crippen LogP contribution in [0, 0.1) is 6.92 Å². The Morgan fingerprint density at radius 3 is 2.15 bits per heavy atom. The largest absolute Gasteiger partial charge is 0.475 e. The van der Waals surface area contributed by atoms with Gasteiger partial charge in [-0.25, -0.2) is 18.0 Å². The fourth-order valence-corrected chi connectivity index (χ4v) is 6.82. The molecule has 0 bridgehead atoms. The second-order valence-electron chi connectivity index (χ2n) is 12.1. The Kier molecular flexibility index (Phi) is 9.11. The molecule has 1 fully saturated rings. The number of carboxylic acids is 1. The molecule has 1 aromatic heterocycles. The first-order valence-corrected chi connectivity index (χ1v) is 16.4. The number of hydrogen-bond acceptors (Lipinski definition) is 7. The average molecular weight is 648 g/mol. The van der Waals surface area contributed by atoms with E-state index in [4.69, 9.17) is 9.15 Å². The minimum atomic E-state index is -4.12. The zero-order valence-corrected chi connectivity index (χ0v) is 27.0. The van der Waals surface area contributed by atoms with Crippen molar-refractivity contribution in [3.8, 4) is 0 Å². The number of sulfonamides is 1. The molecule has 3 aromatic carbocycles. The number of hydrogen-bond donors (Lipinski definition) is 1. The lowest BCUT2D eigenvalue weighted by atomic mass is 10.1. The van der Waals surface area contributed by atoms with Gasteiger partial charge in [-0.15, -0.1) is 0 Å². The van der Waals surface area contributed by atoms with E-state index in [0.29, 0.717) is 54.8 Å². The van der Waals surface area contributed by atoms with E-state index in [1.54, 1.807) is 61.8 Å². The molecule has 1 aliphatic heterocycles.